The third-order valence-corrected chi connectivity index (χ3v) is 5.48. The maximum atomic E-state index is 13.1. The van der Waals surface area contributed by atoms with Crippen LogP contribution in [-0.2, 0) is 22.7 Å². The van der Waals surface area contributed by atoms with Crippen molar-refractivity contribution in [3.05, 3.63) is 120 Å². The SMILES string of the molecule is O=C(NN(C(=O)OCc1ccccc1)[C@@H]1CC=C[C@H]1c1ccccc1)OCc1ccccc1. The van der Waals surface area contributed by atoms with Crippen molar-refractivity contribution in [1.29, 1.82) is 0 Å². The average molecular weight is 443 g/mol. The van der Waals surface area contributed by atoms with Gasteiger partial charge in [-0.2, -0.15) is 0 Å². The first kappa shape index (κ1) is 22.1. The molecule has 0 heterocycles. The van der Waals surface area contributed by atoms with E-state index in [1.165, 1.54) is 5.01 Å². The Kier molecular flexibility index (Phi) is 7.38. The maximum Gasteiger partial charge on any atom is 0.429 e. The zero-order valence-corrected chi connectivity index (χ0v) is 18.2. The Hall–Kier alpha value is -4.06. The number of carbonyl (C=O) groups is 2. The monoisotopic (exact) mass is 442 g/mol. The van der Waals surface area contributed by atoms with Crippen molar-refractivity contribution in [3.63, 3.8) is 0 Å². The lowest BCUT2D eigenvalue weighted by molar-refractivity contribution is 0.0454. The van der Waals surface area contributed by atoms with Crippen LogP contribution in [-0.4, -0.2) is 23.2 Å². The summed E-state index contributed by atoms with van der Waals surface area (Å²) in [5, 5.41) is 1.26. The Morgan fingerprint density at radius 2 is 1.33 bits per heavy atom. The smallest absolute Gasteiger partial charge is 0.429 e. The van der Waals surface area contributed by atoms with E-state index in [-0.39, 0.29) is 25.2 Å². The van der Waals surface area contributed by atoms with E-state index in [2.05, 4.69) is 11.5 Å². The third kappa shape index (κ3) is 6.01. The second-order valence-electron chi connectivity index (χ2n) is 7.75. The lowest BCUT2D eigenvalue weighted by atomic mass is 9.94. The number of carbonyl (C=O) groups excluding carboxylic acids is 2. The van der Waals surface area contributed by atoms with E-state index in [4.69, 9.17) is 9.47 Å². The van der Waals surface area contributed by atoms with E-state index >= 15 is 0 Å². The van der Waals surface area contributed by atoms with Gasteiger partial charge >= 0.3 is 12.2 Å². The van der Waals surface area contributed by atoms with E-state index in [1.54, 1.807) is 0 Å². The highest BCUT2D eigenvalue weighted by Crippen LogP contribution is 2.32. The molecule has 1 aliphatic rings. The number of rotatable bonds is 6. The molecule has 2 amide bonds. The minimum Gasteiger partial charge on any atom is -0.443 e. The molecule has 1 aliphatic carbocycles. The molecule has 168 valence electrons. The molecule has 2 atom stereocenters. The van der Waals surface area contributed by atoms with E-state index < -0.39 is 12.2 Å². The quantitative estimate of drug-likeness (QED) is 0.400. The summed E-state index contributed by atoms with van der Waals surface area (Å²) >= 11 is 0. The highest BCUT2D eigenvalue weighted by molar-refractivity contribution is 5.74. The lowest BCUT2D eigenvalue weighted by Gasteiger charge is -2.32. The summed E-state index contributed by atoms with van der Waals surface area (Å²) in [6.07, 6.45) is 3.30. The van der Waals surface area contributed by atoms with E-state index in [0.717, 1.165) is 16.7 Å². The first-order valence-corrected chi connectivity index (χ1v) is 10.9. The van der Waals surface area contributed by atoms with Crippen LogP contribution in [0.25, 0.3) is 0 Å². The molecule has 0 saturated heterocycles. The van der Waals surface area contributed by atoms with Gasteiger partial charge in [0.15, 0.2) is 0 Å². The van der Waals surface area contributed by atoms with Crippen LogP contribution in [0.15, 0.2) is 103 Å². The first-order chi connectivity index (χ1) is 16.2. The van der Waals surface area contributed by atoms with Gasteiger partial charge in [0, 0.05) is 5.92 Å². The number of ether oxygens (including phenoxy) is 2. The molecule has 0 unspecified atom stereocenters. The van der Waals surface area contributed by atoms with Crippen LogP contribution >= 0.6 is 0 Å². The molecule has 6 heteroatoms. The highest BCUT2D eigenvalue weighted by Gasteiger charge is 2.35. The molecule has 6 nitrogen and oxygen atoms in total. The average Bonchev–Trinajstić information content (AvgIpc) is 3.36. The standard InChI is InChI=1S/C27H26N2O4/c30-26(32-19-21-11-4-1-5-12-21)28-29(27(31)33-20-22-13-6-2-7-14-22)25-18-10-17-24(25)23-15-8-3-9-16-23/h1-17,24-25H,18-20H2,(H,28,30)/t24-,25+/m0/s1. The fourth-order valence-corrected chi connectivity index (χ4v) is 3.82. The van der Waals surface area contributed by atoms with Gasteiger partial charge in [-0.05, 0) is 23.1 Å². The molecule has 0 spiro atoms. The van der Waals surface area contributed by atoms with Crippen LogP contribution in [0, 0.1) is 0 Å². The second kappa shape index (κ2) is 11.0. The fraction of sp³-hybridized carbons (Fsp3) is 0.185. The molecule has 0 aromatic heterocycles. The van der Waals surface area contributed by atoms with Crippen LogP contribution in [0.5, 0.6) is 0 Å². The number of amides is 2. The van der Waals surface area contributed by atoms with Crippen LogP contribution < -0.4 is 5.43 Å². The number of hydrogen-bond donors (Lipinski definition) is 1. The Morgan fingerprint density at radius 3 is 1.94 bits per heavy atom. The van der Waals surface area contributed by atoms with Gasteiger partial charge in [-0.25, -0.2) is 20.0 Å². The molecule has 3 aromatic carbocycles. The minimum atomic E-state index is -0.714. The van der Waals surface area contributed by atoms with Crippen molar-refractivity contribution in [2.75, 3.05) is 0 Å². The molecular formula is C27H26N2O4. The van der Waals surface area contributed by atoms with Crippen molar-refractivity contribution < 1.29 is 19.1 Å². The van der Waals surface area contributed by atoms with Crippen LogP contribution in [0.4, 0.5) is 9.59 Å². The Morgan fingerprint density at radius 1 is 0.788 bits per heavy atom. The van der Waals surface area contributed by atoms with Gasteiger partial charge in [-0.1, -0.05) is 103 Å². The van der Waals surface area contributed by atoms with Gasteiger partial charge in [0.1, 0.15) is 13.2 Å². The summed E-state index contributed by atoms with van der Waals surface area (Å²) < 4.78 is 10.9. The normalized spacial score (nSPS) is 16.7. The fourth-order valence-electron chi connectivity index (χ4n) is 3.82. The summed E-state index contributed by atoms with van der Waals surface area (Å²) in [5.41, 5.74) is 5.39. The lowest BCUT2D eigenvalue weighted by Crippen LogP contribution is -2.53. The van der Waals surface area contributed by atoms with E-state index in [1.807, 2.05) is 97.1 Å². The van der Waals surface area contributed by atoms with Crippen LogP contribution in [0.3, 0.4) is 0 Å². The van der Waals surface area contributed by atoms with Gasteiger partial charge in [-0.15, -0.1) is 0 Å². The number of benzene rings is 3. The highest BCUT2D eigenvalue weighted by atomic mass is 16.6. The molecular weight excluding hydrogens is 416 g/mol. The largest absolute Gasteiger partial charge is 0.443 e. The Bertz CT molecular complexity index is 1070. The molecule has 3 aromatic rings. The molecule has 0 aliphatic heterocycles. The zero-order valence-electron chi connectivity index (χ0n) is 18.2. The summed E-state index contributed by atoms with van der Waals surface area (Å²) in [6.45, 7) is 0.206. The topological polar surface area (TPSA) is 67.9 Å². The van der Waals surface area contributed by atoms with Gasteiger partial charge in [0.2, 0.25) is 0 Å². The molecule has 0 saturated carbocycles. The Labute approximate surface area is 193 Å². The molecule has 0 fully saturated rings. The summed E-state index contributed by atoms with van der Waals surface area (Å²) in [5.74, 6) is -0.0788. The molecule has 0 radical (unpaired) electrons. The Balaban J connectivity index is 1.47. The third-order valence-electron chi connectivity index (χ3n) is 5.48. The van der Waals surface area contributed by atoms with Crippen LogP contribution in [0.2, 0.25) is 0 Å². The molecule has 1 N–H and O–H groups in total. The summed E-state index contributed by atoms with van der Waals surface area (Å²) in [4.78, 5) is 25.7. The summed E-state index contributed by atoms with van der Waals surface area (Å²) in [6, 6.07) is 28.3. The predicted molar refractivity (Wildman–Crippen MR) is 125 cm³/mol. The van der Waals surface area contributed by atoms with Gasteiger partial charge in [0.25, 0.3) is 0 Å². The number of nitrogens with zero attached hydrogens (tertiary/aromatic N) is 1. The van der Waals surface area contributed by atoms with Crippen molar-refractivity contribution in [2.24, 2.45) is 0 Å². The minimum absolute atomic E-state index is 0.0788. The van der Waals surface area contributed by atoms with E-state index in [9.17, 15) is 9.59 Å². The predicted octanol–water partition coefficient (Wildman–Crippen LogP) is 5.58. The first-order valence-electron chi connectivity index (χ1n) is 10.9. The van der Waals surface area contributed by atoms with E-state index in [0.29, 0.717) is 6.42 Å². The van der Waals surface area contributed by atoms with Crippen LogP contribution in [0.1, 0.15) is 29.0 Å². The number of hydrazine groups is 1. The number of nitrogens with one attached hydrogen (secondary N) is 1. The zero-order chi connectivity index (χ0) is 22.9. The van der Waals surface area contributed by atoms with Crippen molar-refractivity contribution in [3.8, 4) is 0 Å². The van der Waals surface area contributed by atoms with Crippen molar-refractivity contribution >= 4 is 12.2 Å². The van der Waals surface area contributed by atoms with Crippen molar-refractivity contribution in [2.45, 2.75) is 31.6 Å². The van der Waals surface area contributed by atoms with Gasteiger partial charge < -0.3 is 9.47 Å². The molecule has 0 bridgehead atoms. The number of hydrogen-bond acceptors (Lipinski definition) is 4. The molecule has 4 rings (SSSR count). The molecule has 33 heavy (non-hydrogen) atoms. The van der Waals surface area contributed by atoms with Crippen molar-refractivity contribution in [1.82, 2.24) is 10.4 Å². The summed E-state index contributed by atoms with van der Waals surface area (Å²) in [7, 11) is 0. The van der Waals surface area contributed by atoms with Gasteiger partial charge in [-0.3, -0.25) is 0 Å². The van der Waals surface area contributed by atoms with Gasteiger partial charge in [0.05, 0.1) is 6.04 Å². The maximum absolute atomic E-state index is 13.1. The second-order valence-corrected chi connectivity index (χ2v) is 7.75.